The van der Waals surface area contributed by atoms with Crippen molar-refractivity contribution in [1.29, 1.82) is 0 Å². The lowest BCUT2D eigenvalue weighted by molar-refractivity contribution is 0.0687. The number of fused-ring (bicyclic) bond motifs is 3. The molecule has 0 aliphatic carbocycles. The highest BCUT2D eigenvalue weighted by Gasteiger charge is 2.41. The number of likely N-dealkylation sites (N-methyl/N-ethyl adjacent to an activating group) is 1. The molecule has 0 bridgehead atoms. The monoisotopic (exact) mass is 435 g/mol. The Morgan fingerprint density at radius 1 is 1.10 bits per heavy atom. The number of carbonyl (C=O) groups is 1. The van der Waals surface area contributed by atoms with Crippen molar-refractivity contribution in [3.63, 3.8) is 0 Å². The number of hydrogen-bond acceptors (Lipinski definition) is 6. The fourth-order valence-corrected chi connectivity index (χ4v) is 5.73. The summed E-state index contributed by atoms with van der Waals surface area (Å²) in [5.41, 5.74) is 2.55. The standard InChI is InChI=1S/C23H21N3O4S/c1-25-11-16(26-19(22(25)29)20(27)21(28)24-23(26)30-2)18-14-8-4-3-7-13(14)12-31-17-10-6-5-9-15(17)18/h3-10,16,18,27H,11-12H2,1-2H3/t16-,18-/m0/s1. The summed E-state index contributed by atoms with van der Waals surface area (Å²) in [7, 11) is 3.09. The smallest absolute Gasteiger partial charge is 0.318 e. The molecular formula is C23H21N3O4S. The van der Waals surface area contributed by atoms with Crippen LogP contribution in [0.2, 0.25) is 0 Å². The van der Waals surface area contributed by atoms with Gasteiger partial charge in [0.15, 0.2) is 5.69 Å². The van der Waals surface area contributed by atoms with Gasteiger partial charge in [-0.15, -0.1) is 11.8 Å². The molecule has 31 heavy (non-hydrogen) atoms. The lowest BCUT2D eigenvalue weighted by atomic mass is 9.81. The van der Waals surface area contributed by atoms with Gasteiger partial charge in [-0.1, -0.05) is 42.5 Å². The first-order valence-electron chi connectivity index (χ1n) is 9.95. The molecule has 5 rings (SSSR count). The zero-order chi connectivity index (χ0) is 21.7. The Balaban J connectivity index is 1.83. The summed E-state index contributed by atoms with van der Waals surface area (Å²) in [5, 5.41) is 10.5. The van der Waals surface area contributed by atoms with Gasteiger partial charge in [-0.25, -0.2) is 0 Å². The van der Waals surface area contributed by atoms with Crippen LogP contribution in [-0.4, -0.2) is 46.2 Å². The summed E-state index contributed by atoms with van der Waals surface area (Å²) in [5.74, 6) is -0.375. The van der Waals surface area contributed by atoms with Crippen LogP contribution < -0.4 is 10.3 Å². The molecule has 2 atom stereocenters. The SMILES string of the molecule is COc1nc(=O)c(O)c2n1[C@H]([C@H]1c3ccccc3CSc3ccccc31)CN(C)C2=O. The van der Waals surface area contributed by atoms with E-state index >= 15 is 0 Å². The third kappa shape index (κ3) is 3.01. The van der Waals surface area contributed by atoms with E-state index in [0.717, 1.165) is 16.9 Å². The van der Waals surface area contributed by atoms with E-state index in [2.05, 4.69) is 29.2 Å². The molecule has 1 aromatic heterocycles. The Morgan fingerprint density at radius 2 is 1.81 bits per heavy atom. The average molecular weight is 436 g/mol. The number of rotatable bonds is 2. The van der Waals surface area contributed by atoms with Crippen LogP contribution in [0.5, 0.6) is 11.8 Å². The second-order valence-corrected chi connectivity index (χ2v) is 8.74. The van der Waals surface area contributed by atoms with E-state index in [4.69, 9.17) is 4.74 Å². The van der Waals surface area contributed by atoms with Crippen LogP contribution in [0.25, 0.3) is 0 Å². The second kappa shape index (κ2) is 7.46. The minimum Gasteiger partial charge on any atom is -0.501 e. The maximum absolute atomic E-state index is 13.0. The van der Waals surface area contributed by atoms with E-state index in [0.29, 0.717) is 6.54 Å². The summed E-state index contributed by atoms with van der Waals surface area (Å²) in [6, 6.07) is 16.2. The Morgan fingerprint density at radius 3 is 2.58 bits per heavy atom. The molecule has 158 valence electrons. The Hall–Kier alpha value is -3.26. The third-order valence-electron chi connectivity index (χ3n) is 6.01. The number of thioether (sulfide) groups is 1. The maximum atomic E-state index is 13.0. The molecular weight excluding hydrogens is 414 g/mol. The quantitative estimate of drug-likeness (QED) is 0.666. The Labute approximate surface area is 183 Å². The van der Waals surface area contributed by atoms with Crippen LogP contribution in [0, 0.1) is 0 Å². The number of hydrogen-bond donors (Lipinski definition) is 1. The topological polar surface area (TPSA) is 84.7 Å². The average Bonchev–Trinajstić information content (AvgIpc) is 2.95. The summed E-state index contributed by atoms with van der Waals surface area (Å²) in [4.78, 5) is 31.8. The van der Waals surface area contributed by atoms with Crippen LogP contribution >= 0.6 is 11.8 Å². The van der Waals surface area contributed by atoms with Crippen molar-refractivity contribution >= 4 is 17.7 Å². The molecule has 0 radical (unpaired) electrons. The van der Waals surface area contributed by atoms with E-state index in [9.17, 15) is 14.7 Å². The first-order valence-corrected chi connectivity index (χ1v) is 10.9. The Bertz CT molecular complexity index is 1210. The predicted molar refractivity (Wildman–Crippen MR) is 117 cm³/mol. The van der Waals surface area contributed by atoms with Crippen LogP contribution in [-0.2, 0) is 5.75 Å². The lowest BCUT2D eigenvalue weighted by Crippen LogP contribution is -2.45. The molecule has 3 aromatic rings. The van der Waals surface area contributed by atoms with Gasteiger partial charge in [0.2, 0.25) is 5.75 Å². The number of aromatic nitrogens is 2. The zero-order valence-electron chi connectivity index (χ0n) is 17.1. The number of aromatic hydroxyl groups is 1. The van der Waals surface area contributed by atoms with Gasteiger partial charge in [0, 0.05) is 30.2 Å². The lowest BCUT2D eigenvalue weighted by Gasteiger charge is -2.39. The maximum Gasteiger partial charge on any atom is 0.318 e. The molecule has 7 nitrogen and oxygen atoms in total. The molecule has 1 amide bonds. The molecule has 0 saturated heterocycles. The van der Waals surface area contributed by atoms with Crippen molar-refractivity contribution in [3.05, 3.63) is 81.3 Å². The first kappa shape index (κ1) is 19.7. The van der Waals surface area contributed by atoms with Crippen LogP contribution in [0.3, 0.4) is 0 Å². The van der Waals surface area contributed by atoms with Gasteiger partial charge in [-0.2, -0.15) is 4.98 Å². The van der Waals surface area contributed by atoms with Gasteiger partial charge in [-0.3, -0.25) is 14.2 Å². The molecule has 0 fully saturated rings. The number of methoxy groups -OCH3 is 1. The highest BCUT2D eigenvalue weighted by Crippen LogP contribution is 2.48. The van der Waals surface area contributed by atoms with Gasteiger partial charge >= 0.3 is 11.6 Å². The largest absolute Gasteiger partial charge is 0.501 e. The summed E-state index contributed by atoms with van der Waals surface area (Å²) in [6.07, 6.45) is 0. The van der Waals surface area contributed by atoms with E-state index in [-0.39, 0.29) is 23.7 Å². The third-order valence-corrected chi connectivity index (χ3v) is 7.15. The van der Waals surface area contributed by atoms with Crippen LogP contribution in [0.1, 0.15) is 39.1 Å². The first-order chi connectivity index (χ1) is 15.0. The molecule has 3 heterocycles. The molecule has 1 N–H and O–H groups in total. The molecule has 2 aromatic carbocycles. The number of ether oxygens (including phenoxy) is 1. The summed E-state index contributed by atoms with van der Waals surface area (Å²) >= 11 is 1.78. The minimum atomic E-state index is -0.872. The Kier molecular flexibility index (Phi) is 4.74. The van der Waals surface area contributed by atoms with Crippen molar-refractivity contribution < 1.29 is 14.6 Å². The summed E-state index contributed by atoms with van der Waals surface area (Å²) in [6.45, 7) is 0.379. The van der Waals surface area contributed by atoms with Crippen molar-refractivity contribution in [2.45, 2.75) is 22.6 Å². The van der Waals surface area contributed by atoms with Crippen LogP contribution in [0.4, 0.5) is 0 Å². The van der Waals surface area contributed by atoms with E-state index < -0.39 is 17.2 Å². The highest BCUT2D eigenvalue weighted by molar-refractivity contribution is 7.98. The van der Waals surface area contributed by atoms with Crippen LogP contribution in [0.15, 0.2) is 58.2 Å². The van der Waals surface area contributed by atoms with Gasteiger partial charge in [-0.05, 0) is 22.8 Å². The van der Waals surface area contributed by atoms with E-state index in [1.165, 1.54) is 17.6 Å². The van der Waals surface area contributed by atoms with Crippen molar-refractivity contribution in [2.75, 3.05) is 20.7 Å². The van der Waals surface area contributed by atoms with Gasteiger partial charge in [0.25, 0.3) is 5.91 Å². The van der Waals surface area contributed by atoms with Gasteiger partial charge in [0.1, 0.15) is 0 Å². The fourth-order valence-electron chi connectivity index (χ4n) is 4.62. The molecule has 0 unspecified atom stereocenters. The van der Waals surface area contributed by atoms with Crippen molar-refractivity contribution in [1.82, 2.24) is 14.5 Å². The second-order valence-electron chi connectivity index (χ2n) is 7.73. The van der Waals surface area contributed by atoms with Crippen molar-refractivity contribution in [3.8, 4) is 11.8 Å². The minimum absolute atomic E-state index is 0.0242. The number of amides is 1. The van der Waals surface area contributed by atoms with E-state index in [1.54, 1.807) is 28.3 Å². The molecule has 0 saturated carbocycles. The number of benzene rings is 2. The highest BCUT2D eigenvalue weighted by atomic mass is 32.2. The number of nitrogens with zero attached hydrogens (tertiary/aromatic N) is 3. The summed E-state index contributed by atoms with van der Waals surface area (Å²) < 4.78 is 7.03. The fraction of sp³-hybridized carbons (Fsp3) is 0.261. The molecule has 0 spiro atoms. The van der Waals surface area contributed by atoms with E-state index in [1.807, 2.05) is 24.3 Å². The van der Waals surface area contributed by atoms with Gasteiger partial charge in [0.05, 0.1) is 13.2 Å². The predicted octanol–water partition coefficient (Wildman–Crippen LogP) is 3.02. The molecule has 2 aliphatic rings. The van der Waals surface area contributed by atoms with Gasteiger partial charge < -0.3 is 14.7 Å². The zero-order valence-corrected chi connectivity index (χ0v) is 17.9. The molecule has 8 heteroatoms. The normalized spacial score (nSPS) is 19.8. The number of carbonyl (C=O) groups excluding carboxylic acids is 1. The van der Waals surface area contributed by atoms with Crippen molar-refractivity contribution in [2.24, 2.45) is 0 Å². The molecule has 2 aliphatic heterocycles.